The molecule has 0 aliphatic carbocycles. The maximum atomic E-state index is 12.6. The second-order valence-corrected chi connectivity index (χ2v) is 7.65. The summed E-state index contributed by atoms with van der Waals surface area (Å²) in [5, 5.41) is 12.0. The number of hydrogen-bond donors (Lipinski definition) is 2. The van der Waals surface area contributed by atoms with Gasteiger partial charge in [0.15, 0.2) is 16.0 Å². The maximum Gasteiger partial charge on any atom is 0.339 e. The molecule has 2 N–H and O–H groups in total. The second kappa shape index (κ2) is 8.10. The average molecular weight is 428 g/mol. The van der Waals surface area contributed by atoms with Crippen LogP contribution in [0.3, 0.4) is 0 Å². The molecule has 10 heteroatoms. The summed E-state index contributed by atoms with van der Waals surface area (Å²) in [4.78, 5) is 29.1. The minimum Gasteiger partial charge on any atom is -0.448 e. The second-order valence-electron chi connectivity index (χ2n) is 6.41. The van der Waals surface area contributed by atoms with Crippen molar-refractivity contribution < 1.29 is 14.3 Å². The highest BCUT2D eigenvalue weighted by Crippen LogP contribution is 2.23. The van der Waals surface area contributed by atoms with Crippen molar-refractivity contribution in [1.29, 1.82) is 0 Å². The van der Waals surface area contributed by atoms with Gasteiger partial charge < -0.3 is 4.74 Å². The van der Waals surface area contributed by atoms with E-state index in [9.17, 15) is 9.59 Å². The molecule has 0 spiro atoms. The number of allylic oxidation sites excluding steroid dienone is 1. The number of anilines is 1. The van der Waals surface area contributed by atoms with E-state index in [-0.39, 0.29) is 0 Å². The molecule has 3 aromatic rings. The lowest BCUT2D eigenvalue weighted by Gasteiger charge is -2.23. The van der Waals surface area contributed by atoms with Gasteiger partial charge in [0.2, 0.25) is 0 Å². The summed E-state index contributed by atoms with van der Waals surface area (Å²) in [5.41, 5.74) is 2.05. The number of ether oxygens (including phenoxy) is 1. The molecule has 0 saturated carbocycles. The first kappa shape index (κ1) is 19.2. The fraction of sp³-hybridized carbons (Fsp3) is 0.211. The first-order valence-electron chi connectivity index (χ1n) is 8.84. The molecule has 2 aromatic heterocycles. The largest absolute Gasteiger partial charge is 0.448 e. The number of nitrogens with zero attached hydrogens (tertiary/aromatic N) is 3. The summed E-state index contributed by atoms with van der Waals surface area (Å²) in [6.45, 7) is 4.27. The number of nitrogens with one attached hydrogen (secondary N) is 2. The standard InChI is InChI=1S/C19H17N5O3S2/c1-2-7-24-15(22-23-19(24)28)9-12-10-29-18(20-12)21-16(25)14-8-11-5-3-4-6-13(11)17(26)27-14/h2-6,10,14H,1,7-9H2,(H,23,28)(H,20,21,25)/t14-/m1/s1. The number of esters is 1. The zero-order chi connectivity index (χ0) is 20.4. The van der Waals surface area contributed by atoms with E-state index >= 15 is 0 Å². The quantitative estimate of drug-likeness (QED) is 0.356. The lowest BCUT2D eigenvalue weighted by molar-refractivity contribution is -0.125. The Hall–Kier alpha value is -3.11. The number of carbonyl (C=O) groups excluding carboxylic acids is 2. The number of aromatic nitrogens is 4. The van der Waals surface area contributed by atoms with Gasteiger partial charge in [-0.25, -0.2) is 9.78 Å². The fourth-order valence-corrected chi connectivity index (χ4v) is 4.01. The Bertz CT molecular complexity index is 1150. The third-order valence-corrected chi connectivity index (χ3v) is 5.57. The van der Waals surface area contributed by atoms with Crippen LogP contribution in [0.1, 0.15) is 27.4 Å². The van der Waals surface area contributed by atoms with Gasteiger partial charge >= 0.3 is 5.97 Å². The van der Waals surface area contributed by atoms with E-state index in [1.807, 2.05) is 22.1 Å². The lowest BCUT2D eigenvalue weighted by Crippen LogP contribution is -2.37. The van der Waals surface area contributed by atoms with E-state index in [2.05, 4.69) is 27.1 Å². The predicted molar refractivity (Wildman–Crippen MR) is 111 cm³/mol. The molecule has 29 heavy (non-hydrogen) atoms. The van der Waals surface area contributed by atoms with Gasteiger partial charge in [-0.3, -0.25) is 19.8 Å². The average Bonchev–Trinajstić information content (AvgIpc) is 3.29. The first-order valence-corrected chi connectivity index (χ1v) is 10.1. The van der Waals surface area contributed by atoms with Crippen LogP contribution in [-0.4, -0.2) is 37.7 Å². The number of rotatable bonds is 6. The Labute approximate surface area is 175 Å². The Morgan fingerprint density at radius 2 is 2.31 bits per heavy atom. The van der Waals surface area contributed by atoms with Gasteiger partial charge in [-0.05, 0) is 23.8 Å². The normalized spacial score (nSPS) is 15.4. The van der Waals surface area contributed by atoms with Gasteiger partial charge in [0.05, 0.1) is 17.7 Å². The van der Waals surface area contributed by atoms with Crippen LogP contribution in [0.4, 0.5) is 5.13 Å². The van der Waals surface area contributed by atoms with Crippen molar-refractivity contribution in [2.75, 3.05) is 5.32 Å². The van der Waals surface area contributed by atoms with Gasteiger partial charge in [0.25, 0.3) is 5.91 Å². The number of thiazole rings is 1. The topological polar surface area (TPSA) is 102 Å². The molecular formula is C19H17N5O3S2. The van der Waals surface area contributed by atoms with Crippen LogP contribution < -0.4 is 5.32 Å². The van der Waals surface area contributed by atoms with E-state index in [1.54, 1.807) is 18.2 Å². The molecule has 4 rings (SSSR count). The molecule has 3 heterocycles. The summed E-state index contributed by atoms with van der Waals surface area (Å²) >= 11 is 6.50. The number of H-pyrrole nitrogens is 1. The Morgan fingerprint density at radius 3 is 3.14 bits per heavy atom. The number of fused-ring (bicyclic) bond motifs is 1. The first-order chi connectivity index (χ1) is 14.0. The number of benzene rings is 1. The molecular weight excluding hydrogens is 410 g/mol. The van der Waals surface area contributed by atoms with Crippen molar-refractivity contribution in [3.05, 3.63) is 69.7 Å². The van der Waals surface area contributed by atoms with E-state index in [0.717, 1.165) is 17.1 Å². The number of aromatic amines is 1. The number of cyclic esters (lactones) is 1. The van der Waals surface area contributed by atoms with Gasteiger partial charge in [0.1, 0.15) is 5.82 Å². The Balaban J connectivity index is 1.43. The van der Waals surface area contributed by atoms with E-state index in [4.69, 9.17) is 17.0 Å². The molecule has 1 aromatic carbocycles. The van der Waals surface area contributed by atoms with Gasteiger partial charge in [-0.15, -0.1) is 17.9 Å². The van der Waals surface area contributed by atoms with Crippen LogP contribution in [0.15, 0.2) is 42.3 Å². The highest BCUT2D eigenvalue weighted by Gasteiger charge is 2.31. The van der Waals surface area contributed by atoms with Gasteiger partial charge in [0, 0.05) is 18.3 Å². The van der Waals surface area contributed by atoms with Crippen molar-refractivity contribution in [2.24, 2.45) is 0 Å². The Morgan fingerprint density at radius 1 is 1.48 bits per heavy atom. The van der Waals surface area contributed by atoms with Crippen LogP contribution in [0, 0.1) is 4.77 Å². The molecule has 0 unspecified atom stereocenters. The fourth-order valence-electron chi connectivity index (χ4n) is 3.07. The van der Waals surface area contributed by atoms with Crippen LogP contribution in [0.5, 0.6) is 0 Å². The van der Waals surface area contributed by atoms with Crippen LogP contribution in [0.25, 0.3) is 0 Å². The summed E-state index contributed by atoms with van der Waals surface area (Å²) in [6, 6.07) is 7.13. The van der Waals surface area contributed by atoms with E-state index < -0.39 is 18.0 Å². The third kappa shape index (κ3) is 4.03. The van der Waals surface area contributed by atoms with Gasteiger partial charge in [-0.2, -0.15) is 5.10 Å². The SMILES string of the molecule is C=CCn1c(Cc2csc(NC(=O)[C@H]3Cc4ccccc4C(=O)O3)n2)n[nH]c1=S. The number of amides is 1. The van der Waals surface area contributed by atoms with Crippen LogP contribution in [0.2, 0.25) is 0 Å². The van der Waals surface area contributed by atoms with Crippen molar-refractivity contribution in [1.82, 2.24) is 19.7 Å². The van der Waals surface area contributed by atoms with Crippen LogP contribution in [-0.2, 0) is 28.9 Å². The molecule has 0 fully saturated rings. The molecule has 1 amide bonds. The molecule has 0 saturated heterocycles. The van der Waals surface area contributed by atoms with Crippen LogP contribution >= 0.6 is 23.6 Å². The molecule has 1 aliphatic rings. The highest BCUT2D eigenvalue weighted by atomic mass is 32.1. The maximum absolute atomic E-state index is 12.6. The van der Waals surface area contributed by atoms with Crippen molar-refractivity contribution in [3.8, 4) is 0 Å². The van der Waals surface area contributed by atoms with E-state index in [1.165, 1.54) is 11.3 Å². The van der Waals surface area contributed by atoms with Crippen molar-refractivity contribution in [2.45, 2.75) is 25.5 Å². The molecule has 1 aliphatic heterocycles. The van der Waals surface area contributed by atoms with Gasteiger partial charge in [-0.1, -0.05) is 24.3 Å². The smallest absolute Gasteiger partial charge is 0.339 e. The summed E-state index contributed by atoms with van der Waals surface area (Å²) < 4.78 is 7.63. The summed E-state index contributed by atoms with van der Waals surface area (Å²) in [7, 11) is 0. The van der Waals surface area contributed by atoms with Crippen molar-refractivity contribution >= 4 is 40.6 Å². The molecule has 0 radical (unpaired) electrons. The zero-order valence-electron chi connectivity index (χ0n) is 15.3. The number of hydrogen-bond acceptors (Lipinski definition) is 7. The monoisotopic (exact) mass is 427 g/mol. The van der Waals surface area contributed by atoms with E-state index in [0.29, 0.717) is 34.9 Å². The number of carbonyl (C=O) groups is 2. The lowest BCUT2D eigenvalue weighted by atomic mass is 9.98. The minimum absolute atomic E-state index is 0.336. The molecule has 0 bridgehead atoms. The summed E-state index contributed by atoms with van der Waals surface area (Å²) in [5.74, 6) is -0.157. The Kier molecular flexibility index (Phi) is 5.36. The minimum atomic E-state index is -0.881. The predicted octanol–water partition coefficient (Wildman–Crippen LogP) is 2.89. The third-order valence-electron chi connectivity index (χ3n) is 4.45. The molecule has 148 valence electrons. The molecule has 1 atom stereocenters. The highest BCUT2D eigenvalue weighted by molar-refractivity contribution is 7.71. The van der Waals surface area contributed by atoms with Crippen molar-refractivity contribution in [3.63, 3.8) is 0 Å². The summed E-state index contributed by atoms with van der Waals surface area (Å²) in [6.07, 6.45) is 1.65. The zero-order valence-corrected chi connectivity index (χ0v) is 16.9. The molecule has 8 nitrogen and oxygen atoms in total.